The van der Waals surface area contributed by atoms with Crippen molar-refractivity contribution in [2.45, 2.75) is 19.6 Å². The molecule has 5 nitrogen and oxygen atoms in total. The molecule has 0 radical (unpaired) electrons. The quantitative estimate of drug-likeness (QED) is 0.483. The van der Waals surface area contributed by atoms with Crippen molar-refractivity contribution in [3.63, 3.8) is 0 Å². The molecule has 1 amide bonds. The average Bonchev–Trinajstić information content (AvgIpc) is 3.06. The number of nitrogens with one attached hydrogen (secondary N) is 1. The van der Waals surface area contributed by atoms with Crippen LogP contribution in [0.2, 0.25) is 0 Å². The van der Waals surface area contributed by atoms with Crippen molar-refractivity contribution in [2.75, 3.05) is 23.7 Å². The lowest BCUT2D eigenvalue weighted by Gasteiger charge is -2.16. The van der Waals surface area contributed by atoms with Gasteiger partial charge in [-0.05, 0) is 31.5 Å². The lowest BCUT2D eigenvalue weighted by atomic mass is 10.2. The largest absolute Gasteiger partial charge is 0.440 e. The number of amides is 1. The lowest BCUT2D eigenvalue weighted by Crippen LogP contribution is -2.21. The summed E-state index contributed by atoms with van der Waals surface area (Å²) >= 11 is 5.05. The van der Waals surface area contributed by atoms with E-state index < -0.39 is 0 Å². The van der Waals surface area contributed by atoms with Crippen LogP contribution in [-0.4, -0.2) is 31.0 Å². The van der Waals surface area contributed by atoms with E-state index in [1.807, 2.05) is 36.4 Å². The predicted octanol–water partition coefficient (Wildman–Crippen LogP) is 4.27. The number of nitrogens with zero attached hydrogens (tertiary/aromatic N) is 2. The second-order valence-electron chi connectivity index (χ2n) is 5.23. The summed E-state index contributed by atoms with van der Waals surface area (Å²) in [7, 11) is 0. The molecule has 1 heterocycles. The molecular formula is C18H22BrN3O2S. The molecule has 0 aliphatic carbocycles. The second-order valence-corrected chi connectivity index (χ2v) is 7.07. The summed E-state index contributed by atoms with van der Waals surface area (Å²) in [5.74, 6) is 2.40. The highest BCUT2D eigenvalue weighted by Crippen LogP contribution is 2.21. The maximum atomic E-state index is 11.8. The summed E-state index contributed by atoms with van der Waals surface area (Å²) < 4.78 is 6.73. The minimum absolute atomic E-state index is 0.135. The van der Waals surface area contributed by atoms with Crippen LogP contribution in [-0.2, 0) is 10.5 Å². The van der Waals surface area contributed by atoms with Crippen molar-refractivity contribution >= 4 is 45.7 Å². The van der Waals surface area contributed by atoms with Gasteiger partial charge < -0.3 is 9.32 Å². The second kappa shape index (κ2) is 10.3. The number of hydrogen-bond donors (Lipinski definition) is 1. The Bertz CT molecular complexity index is 714. The number of rotatable bonds is 9. The van der Waals surface area contributed by atoms with Gasteiger partial charge in [0.05, 0.1) is 12.0 Å². The van der Waals surface area contributed by atoms with Crippen molar-refractivity contribution in [2.24, 2.45) is 5.10 Å². The van der Waals surface area contributed by atoms with Crippen molar-refractivity contribution in [1.82, 2.24) is 5.43 Å². The van der Waals surface area contributed by atoms with E-state index in [0.29, 0.717) is 11.5 Å². The highest BCUT2D eigenvalue weighted by molar-refractivity contribution is 9.10. The van der Waals surface area contributed by atoms with Gasteiger partial charge in [0.25, 0.3) is 0 Å². The van der Waals surface area contributed by atoms with E-state index in [4.69, 9.17) is 4.42 Å². The van der Waals surface area contributed by atoms with Crippen LogP contribution in [0.3, 0.4) is 0 Å². The summed E-state index contributed by atoms with van der Waals surface area (Å²) in [5, 5.41) is 3.95. The van der Waals surface area contributed by atoms with Crippen molar-refractivity contribution in [3.8, 4) is 0 Å². The zero-order valence-electron chi connectivity index (χ0n) is 14.4. The molecule has 0 aliphatic rings. The topological polar surface area (TPSA) is 57.8 Å². The fourth-order valence-electron chi connectivity index (χ4n) is 2.19. The maximum absolute atomic E-state index is 11.8. The Balaban J connectivity index is 1.74. The molecule has 0 saturated heterocycles. The Hall–Kier alpha value is -1.73. The molecule has 25 heavy (non-hydrogen) atoms. The smallest absolute Gasteiger partial charge is 0.250 e. The molecule has 134 valence electrons. The Kier molecular flexibility index (Phi) is 8.08. The molecule has 1 aromatic carbocycles. The van der Waals surface area contributed by atoms with Crippen LogP contribution >= 0.6 is 27.7 Å². The standard InChI is InChI=1S/C18H22BrN3O2S/c1-3-22(4-2)18-10-9-15(24-18)11-20-21-17(23)13-25-12-14-7-5-6-8-16(14)19/h5-11H,3-4,12-13H2,1-2H3,(H,21,23)/b20-11-. The van der Waals surface area contributed by atoms with Gasteiger partial charge in [0, 0.05) is 29.4 Å². The lowest BCUT2D eigenvalue weighted by molar-refractivity contribution is -0.118. The van der Waals surface area contributed by atoms with Crippen molar-refractivity contribution in [1.29, 1.82) is 0 Å². The zero-order chi connectivity index (χ0) is 18.1. The van der Waals surface area contributed by atoms with E-state index in [0.717, 1.165) is 29.2 Å². The van der Waals surface area contributed by atoms with Crippen LogP contribution in [0.5, 0.6) is 0 Å². The molecule has 0 aliphatic heterocycles. The average molecular weight is 424 g/mol. The minimum Gasteiger partial charge on any atom is -0.440 e. The number of anilines is 1. The van der Waals surface area contributed by atoms with Crippen LogP contribution in [0.4, 0.5) is 5.88 Å². The number of furan rings is 1. The highest BCUT2D eigenvalue weighted by Gasteiger charge is 2.06. The number of hydrazone groups is 1. The summed E-state index contributed by atoms with van der Waals surface area (Å²) in [6.07, 6.45) is 1.52. The molecule has 0 saturated carbocycles. The number of carbonyl (C=O) groups is 1. The molecule has 0 fully saturated rings. The first kappa shape index (κ1) is 19.6. The number of carbonyl (C=O) groups excluding carboxylic acids is 1. The molecular weight excluding hydrogens is 402 g/mol. The first-order valence-corrected chi connectivity index (χ1v) is 10.1. The maximum Gasteiger partial charge on any atom is 0.250 e. The summed E-state index contributed by atoms with van der Waals surface area (Å²) in [6, 6.07) is 11.7. The Labute approximate surface area is 161 Å². The first-order chi connectivity index (χ1) is 12.1. The van der Waals surface area contributed by atoms with Gasteiger partial charge in [-0.3, -0.25) is 4.79 Å². The molecule has 2 rings (SSSR count). The third kappa shape index (κ3) is 6.25. The van der Waals surface area contributed by atoms with Crippen LogP contribution in [0.1, 0.15) is 25.2 Å². The van der Waals surface area contributed by atoms with E-state index in [-0.39, 0.29) is 5.91 Å². The number of benzene rings is 1. The third-order valence-corrected chi connectivity index (χ3v) is 5.27. The van der Waals surface area contributed by atoms with E-state index in [9.17, 15) is 4.79 Å². The molecule has 2 aromatic rings. The van der Waals surface area contributed by atoms with E-state index in [1.54, 1.807) is 11.8 Å². The molecule has 7 heteroatoms. The number of halogens is 1. The highest BCUT2D eigenvalue weighted by atomic mass is 79.9. The van der Waals surface area contributed by atoms with E-state index in [2.05, 4.69) is 45.2 Å². The molecule has 0 atom stereocenters. The van der Waals surface area contributed by atoms with Crippen LogP contribution < -0.4 is 10.3 Å². The van der Waals surface area contributed by atoms with E-state index >= 15 is 0 Å². The van der Waals surface area contributed by atoms with Gasteiger partial charge in [-0.25, -0.2) is 5.43 Å². The fraction of sp³-hybridized carbons (Fsp3) is 0.333. The van der Waals surface area contributed by atoms with Crippen molar-refractivity contribution in [3.05, 3.63) is 52.2 Å². The SMILES string of the molecule is CCN(CC)c1ccc(/C=N\NC(=O)CSCc2ccccc2Br)o1. The minimum atomic E-state index is -0.135. The summed E-state index contributed by atoms with van der Waals surface area (Å²) in [6.45, 7) is 5.91. The molecule has 0 unspecified atom stereocenters. The number of thioether (sulfide) groups is 1. The summed E-state index contributed by atoms with van der Waals surface area (Å²) in [4.78, 5) is 13.9. The van der Waals surface area contributed by atoms with Gasteiger partial charge in [0.15, 0.2) is 5.88 Å². The molecule has 1 N–H and O–H groups in total. The van der Waals surface area contributed by atoms with Gasteiger partial charge in [-0.15, -0.1) is 11.8 Å². The molecule has 0 spiro atoms. The van der Waals surface area contributed by atoms with Crippen LogP contribution in [0.25, 0.3) is 0 Å². The zero-order valence-corrected chi connectivity index (χ0v) is 16.8. The predicted molar refractivity (Wildman–Crippen MR) is 108 cm³/mol. The van der Waals surface area contributed by atoms with Gasteiger partial charge in [-0.1, -0.05) is 34.1 Å². The van der Waals surface area contributed by atoms with Gasteiger partial charge in [0.1, 0.15) is 5.76 Å². The van der Waals surface area contributed by atoms with Gasteiger partial charge in [0.2, 0.25) is 5.91 Å². The van der Waals surface area contributed by atoms with Gasteiger partial charge in [-0.2, -0.15) is 5.10 Å². The fourth-order valence-corrected chi connectivity index (χ4v) is 3.62. The van der Waals surface area contributed by atoms with Crippen LogP contribution in [0, 0.1) is 0 Å². The van der Waals surface area contributed by atoms with Crippen LogP contribution in [0.15, 0.2) is 50.4 Å². The van der Waals surface area contributed by atoms with Gasteiger partial charge >= 0.3 is 0 Å². The normalized spacial score (nSPS) is 11.0. The Morgan fingerprint density at radius 2 is 2.04 bits per heavy atom. The van der Waals surface area contributed by atoms with E-state index in [1.165, 1.54) is 11.8 Å². The molecule has 0 bridgehead atoms. The summed E-state index contributed by atoms with van der Waals surface area (Å²) in [5.41, 5.74) is 3.69. The Morgan fingerprint density at radius 3 is 2.76 bits per heavy atom. The molecule has 1 aromatic heterocycles. The monoisotopic (exact) mass is 423 g/mol. The third-order valence-electron chi connectivity index (χ3n) is 3.52. The Morgan fingerprint density at radius 1 is 1.28 bits per heavy atom. The van der Waals surface area contributed by atoms with Crippen molar-refractivity contribution < 1.29 is 9.21 Å². The number of hydrogen-bond acceptors (Lipinski definition) is 5. The first-order valence-electron chi connectivity index (χ1n) is 8.11.